The fourth-order valence-electron chi connectivity index (χ4n) is 1.98. The summed E-state index contributed by atoms with van der Waals surface area (Å²) in [5.74, 6) is 1.80. The van der Waals surface area contributed by atoms with Gasteiger partial charge in [0, 0.05) is 18.2 Å². The summed E-state index contributed by atoms with van der Waals surface area (Å²) < 4.78 is 21.0. The Hall–Kier alpha value is -1.95. The van der Waals surface area contributed by atoms with Crippen LogP contribution in [0.15, 0.2) is 12.1 Å². The molecule has 0 amide bonds. The van der Waals surface area contributed by atoms with E-state index < -0.39 is 0 Å². The van der Waals surface area contributed by atoms with Gasteiger partial charge in [-0.25, -0.2) is 0 Å². The first-order valence-electron chi connectivity index (χ1n) is 7.07. The maximum absolute atomic E-state index is 11.1. The Morgan fingerprint density at radius 1 is 1.33 bits per heavy atom. The predicted molar refractivity (Wildman–Crippen MR) is 76.7 cm³/mol. The fourth-order valence-corrected chi connectivity index (χ4v) is 1.98. The number of esters is 1. The number of carbonyl (C=O) groups is 1. The van der Waals surface area contributed by atoms with Crippen molar-refractivity contribution in [2.24, 2.45) is 0 Å². The van der Waals surface area contributed by atoms with E-state index in [-0.39, 0.29) is 25.8 Å². The minimum absolute atomic E-state index is 0.215. The van der Waals surface area contributed by atoms with E-state index in [0.29, 0.717) is 18.0 Å². The van der Waals surface area contributed by atoms with Gasteiger partial charge in [0.1, 0.15) is 5.75 Å². The maximum Gasteiger partial charge on any atom is 0.308 e. The van der Waals surface area contributed by atoms with E-state index in [1.807, 2.05) is 12.1 Å². The summed E-state index contributed by atoms with van der Waals surface area (Å²) in [5.41, 5.74) is 0.984. The molecule has 0 radical (unpaired) electrons. The van der Waals surface area contributed by atoms with Crippen LogP contribution >= 0.6 is 0 Å². The number of nitrogens with one attached hydrogen (secondary N) is 1. The standard InChI is InChI=1S/C15H21NO5/c1-3-5-16-9-11-7-13-14(21-10-20-13)8-12(11)19-6-4-15(17)18-2/h7-8,16H,3-6,9-10H2,1-2H3. The third kappa shape index (κ3) is 4.26. The van der Waals surface area contributed by atoms with Crippen molar-refractivity contribution < 1.29 is 23.7 Å². The van der Waals surface area contributed by atoms with Crippen molar-refractivity contribution in [3.63, 3.8) is 0 Å². The third-order valence-electron chi connectivity index (χ3n) is 3.09. The predicted octanol–water partition coefficient (Wildman–Crippen LogP) is 1.86. The molecule has 0 fully saturated rings. The van der Waals surface area contributed by atoms with E-state index in [0.717, 1.165) is 24.3 Å². The Balaban J connectivity index is 2.03. The van der Waals surface area contributed by atoms with Crippen molar-refractivity contribution in [2.75, 3.05) is 27.1 Å². The van der Waals surface area contributed by atoms with Crippen molar-refractivity contribution in [2.45, 2.75) is 26.3 Å². The van der Waals surface area contributed by atoms with Gasteiger partial charge in [0.2, 0.25) is 6.79 Å². The van der Waals surface area contributed by atoms with Crippen molar-refractivity contribution in [1.82, 2.24) is 5.32 Å². The second-order valence-electron chi connectivity index (χ2n) is 4.66. The first-order valence-corrected chi connectivity index (χ1v) is 7.07. The van der Waals surface area contributed by atoms with Crippen molar-refractivity contribution in [1.29, 1.82) is 0 Å². The van der Waals surface area contributed by atoms with Gasteiger partial charge in [0.25, 0.3) is 0 Å². The first-order chi connectivity index (χ1) is 10.2. The van der Waals surface area contributed by atoms with Gasteiger partial charge in [-0.1, -0.05) is 6.92 Å². The van der Waals surface area contributed by atoms with Crippen LogP contribution in [-0.4, -0.2) is 33.0 Å². The minimum Gasteiger partial charge on any atom is -0.493 e. The second kappa shape index (κ2) is 7.73. The van der Waals surface area contributed by atoms with E-state index in [1.54, 1.807) is 0 Å². The number of rotatable bonds is 8. The molecule has 0 saturated carbocycles. The highest BCUT2D eigenvalue weighted by molar-refractivity contribution is 5.69. The summed E-state index contributed by atoms with van der Waals surface area (Å²) in [5, 5.41) is 3.33. The zero-order chi connectivity index (χ0) is 15.1. The molecular formula is C15H21NO5. The van der Waals surface area contributed by atoms with Crippen LogP contribution in [0, 0.1) is 0 Å². The van der Waals surface area contributed by atoms with Gasteiger partial charge < -0.3 is 24.3 Å². The Morgan fingerprint density at radius 2 is 2.10 bits per heavy atom. The quantitative estimate of drug-likeness (QED) is 0.583. The molecule has 0 atom stereocenters. The van der Waals surface area contributed by atoms with Crippen LogP contribution in [0.3, 0.4) is 0 Å². The number of benzene rings is 1. The molecule has 0 aromatic heterocycles. The molecule has 6 nitrogen and oxygen atoms in total. The number of hydrogen-bond acceptors (Lipinski definition) is 6. The highest BCUT2D eigenvalue weighted by Gasteiger charge is 2.18. The van der Waals surface area contributed by atoms with Crippen LogP contribution in [0.5, 0.6) is 17.2 Å². The summed E-state index contributed by atoms with van der Waals surface area (Å²) in [6.45, 7) is 4.21. The van der Waals surface area contributed by atoms with Crippen LogP contribution in [0.4, 0.5) is 0 Å². The Kier molecular flexibility index (Phi) is 5.68. The van der Waals surface area contributed by atoms with Crippen LogP contribution in [0.1, 0.15) is 25.3 Å². The SMILES string of the molecule is CCCNCc1cc2c(cc1OCCC(=O)OC)OCO2. The van der Waals surface area contributed by atoms with Crippen LogP contribution in [0.2, 0.25) is 0 Å². The molecule has 0 spiro atoms. The average molecular weight is 295 g/mol. The monoisotopic (exact) mass is 295 g/mol. The molecule has 21 heavy (non-hydrogen) atoms. The molecule has 1 aromatic carbocycles. The molecule has 1 aliphatic heterocycles. The zero-order valence-corrected chi connectivity index (χ0v) is 12.4. The molecule has 1 aromatic rings. The number of fused-ring (bicyclic) bond motifs is 1. The minimum atomic E-state index is -0.290. The molecule has 0 aliphatic carbocycles. The first kappa shape index (κ1) is 15.4. The van der Waals surface area contributed by atoms with Gasteiger partial charge in [-0.3, -0.25) is 4.79 Å². The highest BCUT2D eigenvalue weighted by Crippen LogP contribution is 2.38. The normalized spacial score (nSPS) is 12.3. The summed E-state index contributed by atoms with van der Waals surface area (Å²) in [7, 11) is 1.36. The summed E-state index contributed by atoms with van der Waals surface area (Å²) in [4.78, 5) is 11.1. The van der Waals surface area contributed by atoms with Crippen molar-refractivity contribution in [3.8, 4) is 17.2 Å². The van der Waals surface area contributed by atoms with Crippen molar-refractivity contribution in [3.05, 3.63) is 17.7 Å². The lowest BCUT2D eigenvalue weighted by Crippen LogP contribution is -2.15. The van der Waals surface area contributed by atoms with Gasteiger partial charge in [-0.15, -0.1) is 0 Å². The lowest BCUT2D eigenvalue weighted by molar-refractivity contribution is -0.141. The second-order valence-corrected chi connectivity index (χ2v) is 4.66. The molecular weight excluding hydrogens is 274 g/mol. The van der Waals surface area contributed by atoms with Gasteiger partial charge in [-0.2, -0.15) is 0 Å². The molecule has 0 saturated heterocycles. The van der Waals surface area contributed by atoms with Crippen LogP contribution in [0.25, 0.3) is 0 Å². The van der Waals surface area contributed by atoms with E-state index in [1.165, 1.54) is 7.11 Å². The van der Waals surface area contributed by atoms with Crippen LogP contribution < -0.4 is 19.5 Å². The number of hydrogen-bond donors (Lipinski definition) is 1. The van der Waals surface area contributed by atoms with E-state index in [9.17, 15) is 4.79 Å². The molecule has 116 valence electrons. The molecule has 0 bridgehead atoms. The smallest absolute Gasteiger partial charge is 0.308 e. The lowest BCUT2D eigenvalue weighted by atomic mass is 10.1. The Bertz CT molecular complexity index is 489. The fraction of sp³-hybridized carbons (Fsp3) is 0.533. The average Bonchev–Trinajstić information content (AvgIpc) is 2.94. The molecule has 1 heterocycles. The molecule has 2 rings (SSSR count). The van der Waals surface area contributed by atoms with Gasteiger partial charge in [0.15, 0.2) is 11.5 Å². The van der Waals surface area contributed by atoms with Gasteiger partial charge >= 0.3 is 5.97 Å². The number of methoxy groups -OCH3 is 1. The summed E-state index contributed by atoms with van der Waals surface area (Å²) in [6.07, 6.45) is 1.27. The van der Waals surface area contributed by atoms with E-state index in [4.69, 9.17) is 14.2 Å². The Morgan fingerprint density at radius 3 is 2.81 bits per heavy atom. The molecule has 1 aliphatic rings. The van der Waals surface area contributed by atoms with E-state index in [2.05, 4.69) is 17.0 Å². The topological polar surface area (TPSA) is 66.0 Å². The van der Waals surface area contributed by atoms with Crippen LogP contribution in [-0.2, 0) is 16.1 Å². The number of ether oxygens (including phenoxy) is 4. The Labute approximate surface area is 124 Å². The lowest BCUT2D eigenvalue weighted by Gasteiger charge is -2.13. The van der Waals surface area contributed by atoms with E-state index >= 15 is 0 Å². The molecule has 6 heteroatoms. The molecule has 0 unspecified atom stereocenters. The number of carbonyl (C=O) groups excluding carboxylic acids is 1. The summed E-state index contributed by atoms with van der Waals surface area (Å²) in [6, 6.07) is 3.72. The maximum atomic E-state index is 11.1. The van der Waals surface area contributed by atoms with Gasteiger partial charge in [0.05, 0.1) is 20.1 Å². The zero-order valence-electron chi connectivity index (χ0n) is 12.4. The third-order valence-corrected chi connectivity index (χ3v) is 3.09. The highest BCUT2D eigenvalue weighted by atomic mass is 16.7. The van der Waals surface area contributed by atoms with Gasteiger partial charge in [-0.05, 0) is 19.0 Å². The summed E-state index contributed by atoms with van der Waals surface area (Å²) >= 11 is 0. The van der Waals surface area contributed by atoms with Crippen molar-refractivity contribution >= 4 is 5.97 Å². The largest absolute Gasteiger partial charge is 0.493 e. The molecule has 1 N–H and O–H groups in total.